The smallest absolute Gasteiger partial charge is 0.320 e. The molecule has 4 aromatic rings. The van der Waals surface area contributed by atoms with E-state index in [1.54, 1.807) is 12.1 Å². The predicted octanol–water partition coefficient (Wildman–Crippen LogP) is 4.49. The first-order valence-corrected chi connectivity index (χ1v) is 15.4. The number of pyridine rings is 1. The van der Waals surface area contributed by atoms with Gasteiger partial charge in [-0.25, -0.2) is 14.1 Å². The normalized spacial score (nSPS) is 19.2. The van der Waals surface area contributed by atoms with Crippen LogP contribution in [0.25, 0.3) is 22.3 Å². The number of imidazole rings is 1. The molecule has 1 amide bonds. The molecule has 0 bridgehead atoms. The first-order valence-electron chi connectivity index (χ1n) is 15.4. The van der Waals surface area contributed by atoms with Gasteiger partial charge >= 0.3 is 6.55 Å². The molecule has 244 valence electrons. The van der Waals surface area contributed by atoms with Gasteiger partial charge in [0.2, 0.25) is 5.91 Å². The van der Waals surface area contributed by atoms with Crippen LogP contribution in [-0.2, 0) is 10.4 Å². The number of ether oxygens (including phenoxy) is 1. The third-order valence-electron chi connectivity index (χ3n) is 9.02. The number of halogens is 3. The average molecular weight is 639 g/mol. The summed E-state index contributed by atoms with van der Waals surface area (Å²) >= 11 is 0. The zero-order valence-electron chi connectivity index (χ0n) is 25.8. The summed E-state index contributed by atoms with van der Waals surface area (Å²) in [5.74, 6) is -0.0255. The minimum Gasteiger partial charge on any atom is -0.488 e. The van der Waals surface area contributed by atoms with Gasteiger partial charge in [0.05, 0.1) is 29.1 Å². The molecule has 0 saturated carbocycles. The Labute approximate surface area is 264 Å². The van der Waals surface area contributed by atoms with Crippen molar-refractivity contribution in [3.63, 3.8) is 0 Å². The number of amides is 1. The van der Waals surface area contributed by atoms with Crippen molar-refractivity contribution in [1.29, 1.82) is 0 Å². The second kappa shape index (κ2) is 12.8. The molecule has 1 aromatic carbocycles. The molecule has 11 nitrogen and oxygen atoms in total. The standard InChI is InChI=1S/C32H37F3N8O3/c1-4-28(44)41-12-7-21(17-41)16-40-10-8-24(9-11-40)43-20(2)29(38-39-43)22-13-25-30(42(19-37-25)31(34)35)26(14-22)46-18-32(3,45)27-6-5-23(33)15-36-27/h4-6,13-15,19,21,24,31,45H,1,7-12,16-18H2,2-3H3. The summed E-state index contributed by atoms with van der Waals surface area (Å²) in [5.41, 5.74) is 0.858. The summed E-state index contributed by atoms with van der Waals surface area (Å²) < 4.78 is 49.8. The molecule has 1 N–H and O–H groups in total. The summed E-state index contributed by atoms with van der Waals surface area (Å²) in [5, 5.41) is 20.0. The molecule has 46 heavy (non-hydrogen) atoms. The first-order chi connectivity index (χ1) is 22.0. The number of piperidine rings is 1. The van der Waals surface area contributed by atoms with Gasteiger partial charge < -0.3 is 19.6 Å². The lowest BCUT2D eigenvalue weighted by Gasteiger charge is -2.33. The van der Waals surface area contributed by atoms with Crippen LogP contribution in [0.5, 0.6) is 5.75 Å². The lowest BCUT2D eigenvalue weighted by molar-refractivity contribution is -0.125. The first kappa shape index (κ1) is 31.7. The highest BCUT2D eigenvalue weighted by molar-refractivity contribution is 5.88. The van der Waals surface area contributed by atoms with Gasteiger partial charge in [-0.15, -0.1) is 5.10 Å². The Bertz CT molecular complexity index is 1710. The molecule has 14 heteroatoms. The molecule has 2 aliphatic heterocycles. The van der Waals surface area contributed by atoms with E-state index in [9.17, 15) is 23.1 Å². The minimum atomic E-state index is -2.87. The molecule has 2 atom stereocenters. The fourth-order valence-electron chi connectivity index (χ4n) is 6.49. The van der Waals surface area contributed by atoms with Gasteiger partial charge in [0, 0.05) is 38.3 Å². The topological polar surface area (TPSA) is 114 Å². The summed E-state index contributed by atoms with van der Waals surface area (Å²) in [6.07, 6.45) is 6.19. The number of hydrogen-bond acceptors (Lipinski definition) is 8. The van der Waals surface area contributed by atoms with Crippen molar-refractivity contribution in [2.45, 2.75) is 51.3 Å². The van der Waals surface area contributed by atoms with E-state index < -0.39 is 18.0 Å². The number of benzene rings is 1. The number of carbonyl (C=O) groups excluding carboxylic acids is 1. The van der Waals surface area contributed by atoms with Crippen molar-refractivity contribution >= 4 is 16.9 Å². The Balaban J connectivity index is 1.19. The number of rotatable bonds is 10. The summed E-state index contributed by atoms with van der Waals surface area (Å²) in [7, 11) is 0. The SMILES string of the molecule is C=CC(=O)N1CCC(CN2CCC(n3nnc(-c4cc(OCC(C)(O)c5ccc(F)cn5)c5c(c4)ncn5C(F)F)c3C)CC2)C1. The van der Waals surface area contributed by atoms with E-state index in [-0.39, 0.29) is 41.0 Å². The van der Waals surface area contributed by atoms with Crippen molar-refractivity contribution in [3.8, 4) is 17.0 Å². The number of likely N-dealkylation sites (tertiary alicyclic amines) is 2. The molecule has 5 heterocycles. The van der Waals surface area contributed by atoms with Crippen LogP contribution in [0, 0.1) is 18.7 Å². The maximum absolute atomic E-state index is 13.9. The van der Waals surface area contributed by atoms with Gasteiger partial charge in [-0.2, -0.15) is 8.78 Å². The molecular weight excluding hydrogens is 601 g/mol. The predicted molar refractivity (Wildman–Crippen MR) is 164 cm³/mol. The Kier molecular flexibility index (Phi) is 8.84. The number of nitrogens with zero attached hydrogens (tertiary/aromatic N) is 8. The van der Waals surface area contributed by atoms with Gasteiger partial charge in [0.1, 0.15) is 41.3 Å². The second-order valence-electron chi connectivity index (χ2n) is 12.3. The lowest BCUT2D eigenvalue weighted by atomic mass is 10.0. The van der Waals surface area contributed by atoms with Crippen LogP contribution in [-0.4, -0.2) is 89.7 Å². The Hall–Kier alpha value is -4.30. The number of carbonyl (C=O) groups is 1. The van der Waals surface area contributed by atoms with Crippen molar-refractivity contribution in [3.05, 3.63) is 66.6 Å². The zero-order chi connectivity index (χ0) is 32.6. The van der Waals surface area contributed by atoms with Crippen LogP contribution < -0.4 is 4.74 Å². The molecule has 6 rings (SSSR count). The molecule has 0 spiro atoms. The van der Waals surface area contributed by atoms with Crippen LogP contribution in [0.4, 0.5) is 13.2 Å². The lowest BCUT2D eigenvalue weighted by Crippen LogP contribution is -2.39. The fraction of sp³-hybridized carbons (Fsp3) is 0.469. The maximum Gasteiger partial charge on any atom is 0.320 e. The molecule has 2 fully saturated rings. The van der Waals surface area contributed by atoms with E-state index in [1.807, 2.05) is 16.5 Å². The average Bonchev–Trinajstić information content (AvgIpc) is 3.79. The zero-order valence-corrected chi connectivity index (χ0v) is 25.8. The second-order valence-corrected chi connectivity index (χ2v) is 12.3. The summed E-state index contributed by atoms with van der Waals surface area (Å²) in [6, 6.07) is 5.94. The molecule has 3 aromatic heterocycles. The number of hydrogen-bond donors (Lipinski definition) is 1. The number of alkyl halides is 2. The molecule has 2 unspecified atom stereocenters. The van der Waals surface area contributed by atoms with Crippen molar-refractivity contribution in [1.82, 2.24) is 39.3 Å². The van der Waals surface area contributed by atoms with Crippen LogP contribution >= 0.6 is 0 Å². The van der Waals surface area contributed by atoms with E-state index in [0.29, 0.717) is 21.7 Å². The van der Waals surface area contributed by atoms with Crippen LogP contribution in [0.1, 0.15) is 50.2 Å². The van der Waals surface area contributed by atoms with Crippen molar-refractivity contribution < 1.29 is 27.8 Å². The largest absolute Gasteiger partial charge is 0.488 e. The van der Waals surface area contributed by atoms with E-state index in [4.69, 9.17) is 4.74 Å². The van der Waals surface area contributed by atoms with Crippen molar-refractivity contribution in [2.24, 2.45) is 5.92 Å². The van der Waals surface area contributed by atoms with E-state index in [1.165, 1.54) is 25.1 Å². The van der Waals surface area contributed by atoms with Crippen LogP contribution in [0.3, 0.4) is 0 Å². The van der Waals surface area contributed by atoms with E-state index in [2.05, 4.69) is 31.8 Å². The van der Waals surface area contributed by atoms with Crippen LogP contribution in [0.15, 0.2) is 49.4 Å². The molecular formula is C32H37F3N8O3. The number of aliphatic hydroxyl groups is 1. The highest BCUT2D eigenvalue weighted by atomic mass is 19.3. The van der Waals surface area contributed by atoms with Gasteiger partial charge in [0.25, 0.3) is 0 Å². The highest BCUT2D eigenvalue weighted by Crippen LogP contribution is 2.36. The van der Waals surface area contributed by atoms with Crippen LogP contribution in [0.2, 0.25) is 0 Å². The molecule has 2 saturated heterocycles. The minimum absolute atomic E-state index is 0.00644. The Morgan fingerprint density at radius 3 is 2.67 bits per heavy atom. The third kappa shape index (κ3) is 6.36. The monoisotopic (exact) mass is 638 g/mol. The highest BCUT2D eigenvalue weighted by Gasteiger charge is 2.31. The maximum atomic E-state index is 13.9. The summed E-state index contributed by atoms with van der Waals surface area (Å²) in [4.78, 5) is 24.4. The van der Waals surface area contributed by atoms with Gasteiger partial charge in [-0.3, -0.25) is 14.3 Å². The van der Waals surface area contributed by atoms with Gasteiger partial charge in [-0.1, -0.05) is 11.8 Å². The Morgan fingerprint density at radius 1 is 1.20 bits per heavy atom. The number of fused-ring (bicyclic) bond motifs is 1. The van der Waals surface area contributed by atoms with Crippen molar-refractivity contribution in [2.75, 3.05) is 39.3 Å². The Morgan fingerprint density at radius 2 is 1.98 bits per heavy atom. The summed E-state index contributed by atoms with van der Waals surface area (Å²) in [6.45, 7) is 8.07. The van der Waals surface area contributed by atoms with Gasteiger partial charge in [0.15, 0.2) is 0 Å². The fourth-order valence-corrected chi connectivity index (χ4v) is 6.49. The molecule has 0 radical (unpaired) electrons. The van der Waals surface area contributed by atoms with E-state index in [0.717, 1.165) is 70.2 Å². The quantitative estimate of drug-likeness (QED) is 0.253. The number of aromatic nitrogens is 6. The molecule has 2 aliphatic rings. The molecule has 0 aliphatic carbocycles. The van der Waals surface area contributed by atoms with E-state index >= 15 is 0 Å². The van der Waals surface area contributed by atoms with Gasteiger partial charge in [-0.05, 0) is 69.4 Å². The third-order valence-corrected chi connectivity index (χ3v) is 9.02.